The first-order valence-corrected chi connectivity index (χ1v) is 18.0. The van der Waals surface area contributed by atoms with Crippen LogP contribution in [0.25, 0.3) is 0 Å². The zero-order valence-corrected chi connectivity index (χ0v) is 29.6. The van der Waals surface area contributed by atoms with Crippen molar-refractivity contribution in [3.05, 3.63) is 58.7 Å². The smallest absolute Gasteiger partial charge is 0.145 e. The molecule has 0 heterocycles. The molecule has 2 saturated carbocycles. The highest BCUT2D eigenvalue weighted by atomic mass is 16.5. The number of methoxy groups -OCH3 is 1. The number of fused-ring (bicyclic) bond motifs is 1. The van der Waals surface area contributed by atoms with Gasteiger partial charge in [-0.1, -0.05) is 47.6 Å². The number of hydrogen-bond acceptors (Lipinski definition) is 8. The van der Waals surface area contributed by atoms with Gasteiger partial charge in [-0.2, -0.15) is 0 Å². The van der Waals surface area contributed by atoms with Crippen LogP contribution in [-0.4, -0.2) is 91.5 Å². The molecule has 0 saturated heterocycles. The van der Waals surface area contributed by atoms with Gasteiger partial charge in [-0.05, 0) is 127 Å². The summed E-state index contributed by atoms with van der Waals surface area (Å²) in [5, 5.41) is 52.1. The minimum absolute atomic E-state index is 0.0201. The van der Waals surface area contributed by atoms with Crippen molar-refractivity contribution in [3.8, 4) is 0 Å². The van der Waals surface area contributed by atoms with Gasteiger partial charge < -0.3 is 35.8 Å². The number of aliphatic hydroxyl groups is 4. The molecule has 8 heteroatoms. The van der Waals surface area contributed by atoms with Crippen LogP contribution in [-0.2, 0) is 9.53 Å². The highest BCUT2D eigenvalue weighted by Gasteiger charge is 2.67. The van der Waals surface area contributed by atoms with Crippen molar-refractivity contribution >= 4 is 6.29 Å². The Morgan fingerprint density at radius 1 is 1.26 bits per heavy atom. The molecule has 0 radical (unpaired) electrons. The van der Waals surface area contributed by atoms with E-state index in [9.17, 15) is 25.2 Å². The Bertz CT molecular complexity index is 1140. The Labute approximate surface area is 284 Å². The maximum absolute atomic E-state index is 12.6. The Balaban J connectivity index is 1.79. The summed E-state index contributed by atoms with van der Waals surface area (Å²) >= 11 is 0. The number of ether oxygens (including phenoxy) is 1. The van der Waals surface area contributed by atoms with Gasteiger partial charge in [-0.25, -0.2) is 0 Å². The molecule has 0 aliphatic heterocycles. The first kappa shape index (κ1) is 39.5. The summed E-state index contributed by atoms with van der Waals surface area (Å²) in [4.78, 5) is 12.3. The minimum Gasteiger partial charge on any atom is -0.396 e. The molecule has 2 fully saturated rings. The van der Waals surface area contributed by atoms with E-state index in [1.807, 2.05) is 25.3 Å². The first-order chi connectivity index (χ1) is 22.6. The molecule has 3 rings (SSSR count). The van der Waals surface area contributed by atoms with E-state index in [-0.39, 0.29) is 31.0 Å². The summed E-state index contributed by atoms with van der Waals surface area (Å²) in [6, 6.07) is 0.402. The Kier molecular flexibility index (Phi) is 16.3. The van der Waals surface area contributed by atoms with Gasteiger partial charge in [0.1, 0.15) is 6.29 Å². The molecule has 0 bridgehead atoms. The normalized spacial score (nSPS) is 30.7. The summed E-state index contributed by atoms with van der Waals surface area (Å²) < 4.78 is 5.15. The highest BCUT2D eigenvalue weighted by Crippen LogP contribution is 2.66. The summed E-state index contributed by atoms with van der Waals surface area (Å²) in [7, 11) is 3.60. The fourth-order valence-corrected chi connectivity index (χ4v) is 8.85. The molecule has 7 atom stereocenters. The molecule has 0 aromatic carbocycles. The zero-order valence-electron chi connectivity index (χ0n) is 29.6. The third-order valence-corrected chi connectivity index (χ3v) is 11.4. The van der Waals surface area contributed by atoms with Gasteiger partial charge in [0.25, 0.3) is 0 Å². The molecule has 0 aromatic rings. The van der Waals surface area contributed by atoms with E-state index in [4.69, 9.17) is 4.74 Å². The minimum atomic E-state index is -1.14. The van der Waals surface area contributed by atoms with Crippen molar-refractivity contribution in [1.29, 1.82) is 0 Å². The molecule has 7 unspecified atom stereocenters. The second kappa shape index (κ2) is 19.3. The average molecular weight is 657 g/mol. The maximum Gasteiger partial charge on any atom is 0.145 e. The lowest BCUT2D eigenvalue weighted by Gasteiger charge is -2.60. The molecule has 47 heavy (non-hydrogen) atoms. The predicted molar refractivity (Wildman–Crippen MR) is 190 cm³/mol. The zero-order chi connectivity index (χ0) is 34.5. The second-order valence-corrected chi connectivity index (χ2v) is 14.4. The summed E-state index contributed by atoms with van der Waals surface area (Å²) in [5.41, 5.74) is 2.95. The molecule has 266 valence electrons. The second-order valence-electron chi connectivity index (χ2n) is 14.4. The monoisotopic (exact) mass is 656 g/mol. The van der Waals surface area contributed by atoms with Gasteiger partial charge in [0.05, 0.1) is 18.3 Å². The molecule has 3 aliphatic rings. The van der Waals surface area contributed by atoms with E-state index in [0.717, 1.165) is 80.3 Å². The first-order valence-electron chi connectivity index (χ1n) is 18.0. The lowest BCUT2D eigenvalue weighted by Crippen LogP contribution is -2.63. The largest absolute Gasteiger partial charge is 0.396 e. The van der Waals surface area contributed by atoms with Gasteiger partial charge in [0.2, 0.25) is 0 Å². The molecular formula is C39H64N2O6. The molecule has 1 spiro atoms. The fraction of sp³-hybridized carbons (Fsp3) is 0.718. The standard InChI is InChI=1S/C39H64N2O6/c1-28(10-6-12-29(2)25-41-30(3)18-23-47-5)11-7-14-32(26-43)34-17-19-39(37(34)45)35(16-9-22-42)36-31(13-8-15-33(36)27-44)24-38(39,46)20-21-40-4/h7,11-12,14,27,30-31,34-35,37,40-43,45-46H,1,6,8-10,13,15-26H2,2-5H3. The van der Waals surface area contributed by atoms with Crippen LogP contribution in [0.4, 0.5) is 0 Å². The average Bonchev–Trinajstić information content (AvgIpc) is 3.41. The number of carbonyl (C=O) groups is 1. The Hall–Kier alpha value is -1.91. The molecule has 3 aliphatic carbocycles. The van der Waals surface area contributed by atoms with Crippen molar-refractivity contribution in [3.63, 3.8) is 0 Å². The Morgan fingerprint density at radius 2 is 2.04 bits per heavy atom. The number of allylic oxidation sites excluding steroid dienone is 7. The van der Waals surface area contributed by atoms with E-state index < -0.39 is 17.1 Å². The molecule has 0 aromatic heterocycles. The SMILES string of the molecule is C=C(C=CC=C(CO)C1CCC2(C(CCCO)C3=C(C=O)CCCC3CC2(O)CCNC)C1O)CCC=C(C)CNC(C)CCOC. The number of aldehydes is 1. The van der Waals surface area contributed by atoms with Gasteiger partial charge in [0.15, 0.2) is 0 Å². The van der Waals surface area contributed by atoms with Crippen LogP contribution in [0.15, 0.2) is 58.7 Å². The van der Waals surface area contributed by atoms with E-state index in [1.54, 1.807) is 7.11 Å². The highest BCUT2D eigenvalue weighted by molar-refractivity contribution is 5.75. The number of rotatable bonds is 20. The van der Waals surface area contributed by atoms with Crippen LogP contribution >= 0.6 is 0 Å². The third kappa shape index (κ3) is 9.62. The molecular weight excluding hydrogens is 592 g/mol. The van der Waals surface area contributed by atoms with Crippen LogP contribution in [0.5, 0.6) is 0 Å². The maximum atomic E-state index is 12.6. The van der Waals surface area contributed by atoms with E-state index in [1.165, 1.54) is 5.57 Å². The number of nitrogens with one attached hydrogen (secondary N) is 2. The van der Waals surface area contributed by atoms with Crippen LogP contribution in [0, 0.1) is 23.2 Å². The summed E-state index contributed by atoms with van der Waals surface area (Å²) in [6.45, 7) is 10.6. The van der Waals surface area contributed by atoms with Crippen molar-refractivity contribution in [2.75, 3.05) is 47.1 Å². The van der Waals surface area contributed by atoms with E-state index in [0.29, 0.717) is 51.1 Å². The molecule has 0 amide bonds. The quantitative estimate of drug-likeness (QED) is 0.0617. The van der Waals surface area contributed by atoms with Gasteiger partial charge in [-0.15, -0.1) is 0 Å². The Morgan fingerprint density at radius 3 is 2.72 bits per heavy atom. The topological polar surface area (TPSA) is 131 Å². The molecule has 6 N–H and O–H groups in total. The lowest BCUT2D eigenvalue weighted by molar-refractivity contribution is -0.190. The summed E-state index contributed by atoms with van der Waals surface area (Å²) in [6.07, 6.45) is 16.8. The van der Waals surface area contributed by atoms with Crippen molar-refractivity contribution in [2.24, 2.45) is 23.2 Å². The van der Waals surface area contributed by atoms with Crippen molar-refractivity contribution < 1.29 is 30.0 Å². The van der Waals surface area contributed by atoms with E-state index >= 15 is 0 Å². The van der Waals surface area contributed by atoms with Crippen LogP contribution in [0.1, 0.15) is 90.9 Å². The lowest BCUT2D eigenvalue weighted by atomic mass is 9.47. The van der Waals surface area contributed by atoms with Crippen molar-refractivity contribution in [1.82, 2.24) is 10.6 Å². The van der Waals surface area contributed by atoms with Crippen LogP contribution in [0.3, 0.4) is 0 Å². The van der Waals surface area contributed by atoms with E-state index in [2.05, 4.69) is 37.1 Å². The predicted octanol–water partition coefficient (Wildman–Crippen LogP) is 4.94. The van der Waals surface area contributed by atoms with Gasteiger partial charge in [-0.3, -0.25) is 4.79 Å². The fourth-order valence-electron chi connectivity index (χ4n) is 8.85. The number of carbonyl (C=O) groups excluding carboxylic acids is 1. The van der Waals surface area contributed by atoms with Gasteiger partial charge in [0, 0.05) is 44.2 Å². The third-order valence-electron chi connectivity index (χ3n) is 11.4. The number of hydrogen-bond donors (Lipinski definition) is 6. The molecule has 8 nitrogen and oxygen atoms in total. The van der Waals surface area contributed by atoms with Gasteiger partial charge >= 0.3 is 0 Å². The van der Waals surface area contributed by atoms with Crippen molar-refractivity contribution in [2.45, 2.75) is 109 Å². The van der Waals surface area contributed by atoms with Crippen LogP contribution < -0.4 is 10.6 Å². The van der Waals surface area contributed by atoms with Crippen LogP contribution in [0.2, 0.25) is 0 Å². The number of aliphatic hydroxyl groups excluding tert-OH is 3. The summed E-state index contributed by atoms with van der Waals surface area (Å²) in [5.74, 6) is -0.417.